The molecule has 0 aromatic heterocycles. The van der Waals surface area contributed by atoms with Crippen molar-refractivity contribution in [3.05, 3.63) is 0 Å². The van der Waals surface area contributed by atoms with Crippen molar-refractivity contribution in [2.45, 2.75) is 46.6 Å². The minimum absolute atomic E-state index is 0.0589. The van der Waals surface area contributed by atoms with Crippen molar-refractivity contribution in [3.63, 3.8) is 0 Å². The maximum atomic E-state index is 12.5. The summed E-state index contributed by atoms with van der Waals surface area (Å²) in [5.74, 6) is -1.16. The largest absolute Gasteiger partial charge is 0.481 e. The summed E-state index contributed by atoms with van der Waals surface area (Å²) in [6.07, 6.45) is 2.09. The molecule has 0 aromatic carbocycles. The van der Waals surface area contributed by atoms with Crippen LogP contribution < -0.4 is 0 Å². The summed E-state index contributed by atoms with van der Waals surface area (Å²) >= 11 is 0. The molecule has 0 spiro atoms. The second-order valence-corrected chi connectivity index (χ2v) is 6.60. The van der Waals surface area contributed by atoms with E-state index in [1.54, 1.807) is 0 Å². The molecule has 0 aromatic rings. The monoisotopic (exact) mass is 253 g/mol. The molecule has 1 amide bonds. The number of nitrogens with zero attached hydrogens (tertiary/aromatic N) is 1. The Morgan fingerprint density at radius 2 is 1.89 bits per heavy atom. The van der Waals surface area contributed by atoms with Gasteiger partial charge in [0.05, 0.1) is 11.8 Å². The molecule has 0 bridgehead atoms. The van der Waals surface area contributed by atoms with Gasteiger partial charge < -0.3 is 10.0 Å². The number of amides is 1. The zero-order valence-electron chi connectivity index (χ0n) is 11.6. The van der Waals surface area contributed by atoms with E-state index >= 15 is 0 Å². The van der Waals surface area contributed by atoms with Crippen LogP contribution in [0.25, 0.3) is 0 Å². The summed E-state index contributed by atoms with van der Waals surface area (Å²) in [5.41, 5.74) is -0.382. The van der Waals surface area contributed by atoms with Crippen molar-refractivity contribution in [2.24, 2.45) is 23.2 Å². The molecule has 1 saturated heterocycles. The molecule has 1 aliphatic carbocycles. The maximum Gasteiger partial charge on any atom is 0.307 e. The topological polar surface area (TPSA) is 57.6 Å². The van der Waals surface area contributed by atoms with E-state index in [0.717, 1.165) is 19.4 Å². The molecular weight excluding hydrogens is 230 g/mol. The lowest BCUT2D eigenvalue weighted by molar-refractivity contribution is -0.142. The second kappa shape index (κ2) is 4.25. The first kappa shape index (κ1) is 13.4. The summed E-state index contributed by atoms with van der Waals surface area (Å²) in [7, 11) is 0. The normalized spacial score (nSPS) is 33.8. The van der Waals surface area contributed by atoms with E-state index < -0.39 is 11.9 Å². The fourth-order valence-electron chi connectivity index (χ4n) is 3.50. The molecule has 102 valence electrons. The molecular formula is C14H23NO3. The summed E-state index contributed by atoms with van der Waals surface area (Å²) in [6.45, 7) is 8.82. The van der Waals surface area contributed by atoms with Gasteiger partial charge in [-0.3, -0.25) is 9.59 Å². The van der Waals surface area contributed by atoms with E-state index in [4.69, 9.17) is 5.11 Å². The Morgan fingerprint density at radius 3 is 2.33 bits per heavy atom. The Bertz CT molecular complexity index is 375. The molecule has 0 radical (unpaired) electrons. The third-order valence-electron chi connectivity index (χ3n) is 4.71. The molecule has 1 unspecified atom stereocenters. The van der Waals surface area contributed by atoms with Crippen LogP contribution in [0.5, 0.6) is 0 Å². The van der Waals surface area contributed by atoms with Crippen LogP contribution >= 0.6 is 0 Å². The predicted molar refractivity (Wildman–Crippen MR) is 68.0 cm³/mol. The van der Waals surface area contributed by atoms with Gasteiger partial charge in [-0.25, -0.2) is 0 Å². The first-order chi connectivity index (χ1) is 8.28. The van der Waals surface area contributed by atoms with Crippen LogP contribution in [0, 0.1) is 23.2 Å². The van der Waals surface area contributed by atoms with Crippen molar-refractivity contribution in [1.29, 1.82) is 0 Å². The molecule has 4 heteroatoms. The lowest BCUT2D eigenvalue weighted by Gasteiger charge is -2.28. The van der Waals surface area contributed by atoms with Crippen molar-refractivity contribution in [3.8, 4) is 0 Å². The molecule has 2 aliphatic rings. The van der Waals surface area contributed by atoms with Crippen LogP contribution in [0.1, 0.15) is 40.5 Å². The number of hydrogen-bond acceptors (Lipinski definition) is 2. The number of carboxylic acid groups (broad SMARTS) is 1. The van der Waals surface area contributed by atoms with Crippen LogP contribution in [0.2, 0.25) is 0 Å². The average molecular weight is 253 g/mol. The zero-order chi connectivity index (χ0) is 13.7. The van der Waals surface area contributed by atoms with Gasteiger partial charge in [0.15, 0.2) is 0 Å². The van der Waals surface area contributed by atoms with Crippen molar-refractivity contribution in [2.75, 3.05) is 6.54 Å². The smallest absolute Gasteiger partial charge is 0.307 e. The van der Waals surface area contributed by atoms with E-state index in [2.05, 4.69) is 13.8 Å². The number of carboxylic acids is 1. The lowest BCUT2D eigenvalue weighted by Crippen LogP contribution is -2.40. The van der Waals surface area contributed by atoms with Gasteiger partial charge in [0.2, 0.25) is 5.91 Å². The van der Waals surface area contributed by atoms with Gasteiger partial charge in [0.1, 0.15) is 0 Å². The van der Waals surface area contributed by atoms with Gasteiger partial charge in [-0.15, -0.1) is 0 Å². The van der Waals surface area contributed by atoms with Crippen LogP contribution in [0.4, 0.5) is 0 Å². The Morgan fingerprint density at radius 1 is 1.28 bits per heavy atom. The quantitative estimate of drug-likeness (QED) is 0.836. The molecule has 3 atom stereocenters. The third-order valence-corrected chi connectivity index (χ3v) is 4.71. The fourth-order valence-corrected chi connectivity index (χ4v) is 3.50. The molecule has 1 N–H and O–H groups in total. The minimum Gasteiger partial charge on any atom is -0.481 e. The number of carbonyl (C=O) groups excluding carboxylic acids is 1. The first-order valence-electron chi connectivity index (χ1n) is 6.81. The van der Waals surface area contributed by atoms with Crippen LogP contribution in [-0.2, 0) is 9.59 Å². The van der Waals surface area contributed by atoms with Gasteiger partial charge in [0, 0.05) is 12.6 Å². The highest BCUT2D eigenvalue weighted by molar-refractivity contribution is 5.92. The van der Waals surface area contributed by atoms with Gasteiger partial charge in [0.25, 0.3) is 0 Å². The molecule has 1 aliphatic heterocycles. The minimum atomic E-state index is -0.835. The Kier molecular flexibility index (Phi) is 3.16. The van der Waals surface area contributed by atoms with E-state index in [0.29, 0.717) is 12.0 Å². The highest BCUT2D eigenvalue weighted by Gasteiger charge is 2.67. The molecule has 2 fully saturated rings. The molecule has 1 saturated carbocycles. The Hall–Kier alpha value is -1.06. The van der Waals surface area contributed by atoms with Crippen molar-refractivity contribution in [1.82, 2.24) is 4.90 Å². The molecule has 1 heterocycles. The molecule has 18 heavy (non-hydrogen) atoms. The molecule has 2 rings (SSSR count). The highest BCUT2D eigenvalue weighted by Crippen LogP contribution is 2.59. The maximum absolute atomic E-state index is 12.5. The number of hydrogen-bond donors (Lipinski definition) is 1. The summed E-state index contributed by atoms with van der Waals surface area (Å²) < 4.78 is 0. The SMILES string of the molecule is CC(C)C1CCCN1C(=O)[C@H]1[C@@H](C(=O)O)C1(C)C. The van der Waals surface area contributed by atoms with Crippen molar-refractivity contribution >= 4 is 11.9 Å². The first-order valence-corrected chi connectivity index (χ1v) is 6.81. The Labute approximate surface area is 108 Å². The predicted octanol–water partition coefficient (Wildman–Crippen LogP) is 1.99. The standard InChI is InChI=1S/C14H23NO3/c1-8(2)9-6-5-7-15(9)12(16)10-11(13(17)18)14(10,3)4/h8-11H,5-7H2,1-4H3,(H,17,18)/t9?,10-,11+/m1/s1. The van der Waals surface area contributed by atoms with Crippen LogP contribution in [-0.4, -0.2) is 34.5 Å². The third kappa shape index (κ3) is 1.91. The van der Waals surface area contributed by atoms with E-state index in [1.165, 1.54) is 0 Å². The van der Waals surface area contributed by atoms with Crippen LogP contribution in [0.3, 0.4) is 0 Å². The summed E-state index contributed by atoms with van der Waals surface area (Å²) in [6, 6.07) is 0.295. The van der Waals surface area contributed by atoms with E-state index in [9.17, 15) is 9.59 Å². The van der Waals surface area contributed by atoms with E-state index in [-0.39, 0.29) is 17.2 Å². The van der Waals surface area contributed by atoms with Crippen LogP contribution in [0.15, 0.2) is 0 Å². The van der Waals surface area contributed by atoms with Gasteiger partial charge >= 0.3 is 5.97 Å². The van der Waals surface area contributed by atoms with Gasteiger partial charge in [-0.05, 0) is 24.2 Å². The molecule has 4 nitrogen and oxygen atoms in total. The average Bonchev–Trinajstić information content (AvgIpc) is 2.64. The number of rotatable bonds is 3. The zero-order valence-corrected chi connectivity index (χ0v) is 11.6. The lowest BCUT2D eigenvalue weighted by atomic mass is 10.0. The number of likely N-dealkylation sites (tertiary alicyclic amines) is 1. The second-order valence-electron chi connectivity index (χ2n) is 6.60. The van der Waals surface area contributed by atoms with Gasteiger partial charge in [-0.1, -0.05) is 27.7 Å². The number of aliphatic carboxylic acids is 1. The van der Waals surface area contributed by atoms with E-state index in [1.807, 2.05) is 18.7 Å². The fraction of sp³-hybridized carbons (Fsp3) is 0.857. The highest BCUT2D eigenvalue weighted by atomic mass is 16.4. The number of carbonyl (C=O) groups is 2. The summed E-state index contributed by atoms with van der Waals surface area (Å²) in [5, 5.41) is 9.16. The van der Waals surface area contributed by atoms with Crippen molar-refractivity contribution < 1.29 is 14.7 Å². The van der Waals surface area contributed by atoms with Gasteiger partial charge in [-0.2, -0.15) is 0 Å². The summed E-state index contributed by atoms with van der Waals surface area (Å²) in [4.78, 5) is 25.6. The Balaban J connectivity index is 2.11.